The van der Waals surface area contributed by atoms with Crippen LogP contribution >= 0.6 is 0 Å². The average Bonchev–Trinajstić information content (AvgIpc) is 3.20. The lowest BCUT2D eigenvalue weighted by atomic mass is 10.0. The second-order valence-electron chi connectivity index (χ2n) is 9.48. The number of rotatable bonds is 11. The first-order valence-corrected chi connectivity index (χ1v) is 13.2. The monoisotopic (exact) mass is 566 g/mol. The molecule has 0 fully saturated rings. The molecule has 12 heteroatoms. The fourth-order valence-corrected chi connectivity index (χ4v) is 4.63. The molecular weight excluding hydrogens is 534 g/mol. The van der Waals surface area contributed by atoms with Crippen molar-refractivity contribution in [3.05, 3.63) is 88.0 Å². The predicted molar refractivity (Wildman–Crippen MR) is 151 cm³/mol. The molecule has 0 bridgehead atoms. The third-order valence-corrected chi connectivity index (χ3v) is 6.92. The van der Waals surface area contributed by atoms with Gasteiger partial charge in [0.1, 0.15) is 29.8 Å². The van der Waals surface area contributed by atoms with Crippen molar-refractivity contribution in [3.63, 3.8) is 0 Å². The molecule has 0 radical (unpaired) electrons. The number of hydrogen-bond donors (Lipinski definition) is 2. The van der Waals surface area contributed by atoms with Gasteiger partial charge in [0.15, 0.2) is 0 Å². The molecule has 4 rings (SSSR count). The molecule has 0 aliphatic heterocycles. The molecule has 0 unspecified atom stereocenters. The molecule has 0 aliphatic rings. The first kappa shape index (κ1) is 29.4. The minimum atomic E-state index is -1.24. The number of amides is 1. The fourth-order valence-electron chi connectivity index (χ4n) is 4.63. The Morgan fingerprint density at radius 2 is 1.76 bits per heavy atom. The van der Waals surface area contributed by atoms with Gasteiger partial charge in [-0.15, -0.1) is 0 Å². The summed E-state index contributed by atoms with van der Waals surface area (Å²) in [5, 5.41) is 2.93. The van der Waals surface area contributed by atoms with E-state index in [4.69, 9.17) is 10.5 Å². The number of carbonyl (C=O) groups excluding carboxylic acids is 2. The second kappa shape index (κ2) is 12.7. The number of benzene rings is 2. The van der Waals surface area contributed by atoms with Gasteiger partial charge in [-0.1, -0.05) is 26.0 Å². The second-order valence-corrected chi connectivity index (χ2v) is 9.48. The van der Waals surface area contributed by atoms with Gasteiger partial charge in [-0.05, 0) is 49.0 Å². The van der Waals surface area contributed by atoms with E-state index in [9.17, 15) is 23.2 Å². The van der Waals surface area contributed by atoms with Crippen LogP contribution in [0.5, 0.6) is 0 Å². The summed E-state index contributed by atoms with van der Waals surface area (Å²) in [6, 6.07) is 8.87. The number of pyridine rings is 1. The van der Waals surface area contributed by atoms with Crippen molar-refractivity contribution in [2.45, 2.75) is 26.3 Å². The summed E-state index contributed by atoms with van der Waals surface area (Å²) in [4.78, 5) is 45.0. The Morgan fingerprint density at radius 3 is 2.37 bits per heavy atom. The van der Waals surface area contributed by atoms with Gasteiger partial charge in [0.25, 0.3) is 11.5 Å². The van der Waals surface area contributed by atoms with E-state index in [1.165, 1.54) is 4.68 Å². The molecule has 41 heavy (non-hydrogen) atoms. The summed E-state index contributed by atoms with van der Waals surface area (Å²) < 4.78 is 37.4. The van der Waals surface area contributed by atoms with Crippen LogP contribution in [0, 0.1) is 11.6 Å². The van der Waals surface area contributed by atoms with Gasteiger partial charge in [-0.25, -0.2) is 18.3 Å². The van der Waals surface area contributed by atoms with E-state index in [1.807, 2.05) is 13.8 Å². The number of nitrogens with two attached hydrogens (primary N) is 1. The van der Waals surface area contributed by atoms with Crippen molar-refractivity contribution in [1.29, 1.82) is 0 Å². The van der Waals surface area contributed by atoms with E-state index < -0.39 is 35.1 Å². The summed E-state index contributed by atoms with van der Waals surface area (Å²) in [6.07, 6.45) is 3.13. The van der Waals surface area contributed by atoms with Crippen LogP contribution in [0.25, 0.3) is 16.6 Å². The normalized spacial score (nSPS) is 12.0. The number of nitrogen functional groups attached to an aromatic ring is 1. The quantitative estimate of drug-likeness (QED) is 0.211. The third-order valence-electron chi connectivity index (χ3n) is 6.92. The highest BCUT2D eigenvalue weighted by molar-refractivity contribution is 5.97. The molecule has 2 aromatic carbocycles. The minimum Gasteiger partial charge on any atom is -0.463 e. The molecule has 0 saturated carbocycles. The molecule has 2 heterocycles. The number of hydrogen-bond acceptors (Lipinski definition) is 7. The molecule has 0 spiro atoms. The van der Waals surface area contributed by atoms with Gasteiger partial charge in [-0.2, -0.15) is 0 Å². The predicted octanol–water partition coefficient (Wildman–Crippen LogP) is 2.81. The maximum atomic E-state index is 14.4. The highest BCUT2D eigenvalue weighted by Gasteiger charge is 2.27. The number of fused-ring (bicyclic) bond motifs is 1. The van der Waals surface area contributed by atoms with Crippen molar-refractivity contribution >= 4 is 28.5 Å². The van der Waals surface area contributed by atoms with Gasteiger partial charge >= 0.3 is 5.97 Å². The zero-order valence-electron chi connectivity index (χ0n) is 23.1. The maximum Gasteiger partial charge on any atom is 0.329 e. The van der Waals surface area contributed by atoms with E-state index in [2.05, 4.69) is 15.2 Å². The molecule has 216 valence electrons. The minimum absolute atomic E-state index is 0.0255. The van der Waals surface area contributed by atoms with Gasteiger partial charge in [0.2, 0.25) is 0 Å². The summed E-state index contributed by atoms with van der Waals surface area (Å²) in [6.45, 7) is 6.08. The summed E-state index contributed by atoms with van der Waals surface area (Å²) in [5.74, 6) is -4.15. The lowest BCUT2D eigenvalue weighted by Gasteiger charge is -2.21. The number of halogens is 2. The summed E-state index contributed by atoms with van der Waals surface area (Å²) in [5.41, 5.74) is 6.08. The van der Waals surface area contributed by atoms with Gasteiger partial charge in [0.05, 0.1) is 22.8 Å². The SMILES string of the molecule is CCN(CC)CCOC(=O)[C@H](Cc1ccc(-n2c(=O)c3ccncc3n2C)cc1)NC(=O)c1c(F)cc(N)cc1F. The standard InChI is InChI=1S/C29H32F2N6O4/c1-4-36(5-2)12-13-41-29(40)24(34-27(38)26-22(30)15-19(32)16-23(26)31)14-18-6-8-20(9-7-18)37-28(39)21-10-11-33-17-25(21)35(37)3/h6-11,15-17,24H,4-5,12-14,32H2,1-3H3,(H,34,38)/t24-/m0/s1. The number of aromatic nitrogens is 3. The van der Waals surface area contributed by atoms with Crippen molar-refractivity contribution in [2.75, 3.05) is 32.0 Å². The number of aryl methyl sites for hydroxylation is 1. The lowest BCUT2D eigenvalue weighted by molar-refractivity contribution is -0.146. The topological polar surface area (TPSA) is 124 Å². The van der Waals surface area contributed by atoms with E-state index >= 15 is 0 Å². The number of carbonyl (C=O) groups is 2. The summed E-state index contributed by atoms with van der Waals surface area (Å²) in [7, 11) is 1.74. The Hall–Kier alpha value is -4.58. The molecular formula is C29H32F2N6O4. The Bertz CT molecular complexity index is 1590. The Morgan fingerprint density at radius 1 is 1.10 bits per heavy atom. The molecule has 2 aromatic heterocycles. The van der Waals surface area contributed by atoms with Gasteiger partial charge < -0.3 is 20.7 Å². The van der Waals surface area contributed by atoms with Crippen molar-refractivity contribution < 1.29 is 23.1 Å². The smallest absolute Gasteiger partial charge is 0.329 e. The van der Waals surface area contributed by atoms with E-state index in [0.717, 1.165) is 25.2 Å². The lowest BCUT2D eigenvalue weighted by Crippen LogP contribution is -2.44. The largest absolute Gasteiger partial charge is 0.463 e. The van der Waals surface area contributed by atoms with Crippen LogP contribution in [0.4, 0.5) is 14.5 Å². The van der Waals surface area contributed by atoms with Crippen LogP contribution in [-0.2, 0) is 23.0 Å². The number of ether oxygens (including phenoxy) is 1. The molecule has 0 saturated heterocycles. The Kier molecular flexibility index (Phi) is 9.13. The Balaban J connectivity index is 1.57. The number of likely N-dealkylation sites (N-methyl/N-ethyl adjacent to an activating group) is 1. The van der Waals surface area contributed by atoms with Crippen LogP contribution in [0.3, 0.4) is 0 Å². The number of anilines is 1. The molecule has 10 nitrogen and oxygen atoms in total. The van der Waals surface area contributed by atoms with Crippen LogP contribution < -0.4 is 16.6 Å². The van der Waals surface area contributed by atoms with Gasteiger partial charge in [0, 0.05) is 31.9 Å². The highest BCUT2D eigenvalue weighted by atomic mass is 19.1. The number of nitrogens with one attached hydrogen (secondary N) is 1. The average molecular weight is 567 g/mol. The van der Waals surface area contributed by atoms with E-state index in [1.54, 1.807) is 54.5 Å². The molecule has 4 aromatic rings. The number of esters is 1. The van der Waals surface area contributed by atoms with Crippen molar-refractivity contribution in [2.24, 2.45) is 7.05 Å². The molecule has 1 atom stereocenters. The first-order valence-electron chi connectivity index (χ1n) is 13.2. The van der Waals surface area contributed by atoms with E-state index in [-0.39, 0.29) is 24.3 Å². The van der Waals surface area contributed by atoms with Crippen LogP contribution in [0.15, 0.2) is 59.7 Å². The zero-order chi connectivity index (χ0) is 29.7. The molecule has 0 aliphatic carbocycles. The summed E-state index contributed by atoms with van der Waals surface area (Å²) >= 11 is 0. The van der Waals surface area contributed by atoms with Crippen LogP contribution in [0.1, 0.15) is 29.8 Å². The van der Waals surface area contributed by atoms with Crippen LogP contribution in [-0.4, -0.2) is 63.4 Å². The Labute approximate surface area is 235 Å². The van der Waals surface area contributed by atoms with Gasteiger partial charge in [-0.3, -0.25) is 19.3 Å². The fraction of sp³-hybridized carbons (Fsp3) is 0.310. The van der Waals surface area contributed by atoms with Crippen molar-refractivity contribution in [3.8, 4) is 5.69 Å². The first-order chi connectivity index (χ1) is 19.6. The molecule has 3 N–H and O–H groups in total. The van der Waals surface area contributed by atoms with Crippen molar-refractivity contribution in [1.82, 2.24) is 24.6 Å². The number of nitrogens with zero attached hydrogens (tertiary/aromatic N) is 4. The molecule has 1 amide bonds. The maximum absolute atomic E-state index is 14.4. The van der Waals surface area contributed by atoms with Crippen LogP contribution in [0.2, 0.25) is 0 Å². The van der Waals surface area contributed by atoms with E-state index in [0.29, 0.717) is 28.7 Å². The highest BCUT2D eigenvalue weighted by Crippen LogP contribution is 2.18. The third kappa shape index (κ3) is 6.43. The zero-order valence-corrected chi connectivity index (χ0v) is 23.1.